The lowest BCUT2D eigenvalue weighted by Crippen LogP contribution is -2.46. The molecule has 1 saturated carbocycles. The van der Waals surface area contributed by atoms with Crippen LogP contribution in [0.25, 0.3) is 0 Å². The monoisotopic (exact) mass is 565 g/mol. The molecule has 4 fully saturated rings. The zero-order chi connectivity index (χ0) is 27.0. The Morgan fingerprint density at radius 3 is 2.45 bits per heavy atom. The average molecular weight is 567 g/mol. The summed E-state index contributed by atoms with van der Waals surface area (Å²) < 4.78 is 11.2. The largest absolute Gasteiger partial charge is 0.447 e. The number of rotatable bonds is 6. The van der Waals surface area contributed by atoms with Crippen LogP contribution in [0.1, 0.15) is 56.9 Å². The second-order valence-electron chi connectivity index (χ2n) is 11.5. The van der Waals surface area contributed by atoms with Gasteiger partial charge in [0.05, 0.1) is 22.2 Å². The van der Waals surface area contributed by atoms with E-state index in [1.54, 1.807) is 18.0 Å². The Hall–Kier alpha value is -2.03. The fourth-order valence-electron chi connectivity index (χ4n) is 5.98. The molecule has 1 aromatic carbocycles. The van der Waals surface area contributed by atoms with E-state index in [2.05, 4.69) is 0 Å². The van der Waals surface area contributed by atoms with Crippen molar-refractivity contribution in [1.29, 1.82) is 0 Å². The van der Waals surface area contributed by atoms with E-state index in [0.717, 1.165) is 31.2 Å². The highest BCUT2D eigenvalue weighted by atomic mass is 35.5. The van der Waals surface area contributed by atoms with Gasteiger partial charge in [0, 0.05) is 57.1 Å². The topological polar surface area (TPSA) is 79.4 Å². The van der Waals surface area contributed by atoms with E-state index < -0.39 is 6.09 Å². The number of carbonyl (C=O) groups excluding carboxylic acids is 3. The minimum Gasteiger partial charge on any atom is -0.447 e. The molecule has 3 heterocycles. The van der Waals surface area contributed by atoms with E-state index in [1.165, 1.54) is 0 Å². The van der Waals surface area contributed by atoms with Gasteiger partial charge >= 0.3 is 6.09 Å². The normalized spacial score (nSPS) is 26.9. The Morgan fingerprint density at radius 1 is 1.08 bits per heavy atom. The SMILES string of the molecule is CN(C(=O)OCC1CCCO1)[C@H]1CN(C(=O)C2CCN(C(=O)C3(C)CC3)CC2)C[C@@H]1c1ccc(Cl)c(Cl)c1. The maximum atomic E-state index is 13.6. The number of hydrogen-bond donors (Lipinski definition) is 0. The summed E-state index contributed by atoms with van der Waals surface area (Å²) in [4.78, 5) is 44.8. The number of carbonyl (C=O) groups is 3. The van der Waals surface area contributed by atoms with Crippen LogP contribution in [-0.2, 0) is 19.1 Å². The molecule has 5 rings (SSSR count). The van der Waals surface area contributed by atoms with Crippen LogP contribution in [0.3, 0.4) is 0 Å². The lowest BCUT2D eigenvalue weighted by Gasteiger charge is -2.34. The minimum absolute atomic E-state index is 0.0554. The van der Waals surface area contributed by atoms with Gasteiger partial charge in [-0.3, -0.25) is 9.59 Å². The van der Waals surface area contributed by atoms with E-state index in [0.29, 0.717) is 55.7 Å². The first kappa shape index (κ1) is 27.5. The number of benzene rings is 1. The molecule has 38 heavy (non-hydrogen) atoms. The van der Waals surface area contributed by atoms with Crippen molar-refractivity contribution >= 4 is 41.1 Å². The lowest BCUT2D eigenvalue weighted by molar-refractivity contribution is -0.142. The van der Waals surface area contributed by atoms with Crippen LogP contribution >= 0.6 is 23.2 Å². The Labute approximate surface area is 234 Å². The summed E-state index contributed by atoms with van der Waals surface area (Å²) in [5, 5.41) is 0.904. The number of ether oxygens (including phenoxy) is 2. The van der Waals surface area contributed by atoms with Crippen molar-refractivity contribution in [3.05, 3.63) is 33.8 Å². The van der Waals surface area contributed by atoms with Crippen LogP contribution in [0.2, 0.25) is 10.0 Å². The Morgan fingerprint density at radius 2 is 1.82 bits per heavy atom. The quantitative estimate of drug-likeness (QED) is 0.504. The fourth-order valence-corrected chi connectivity index (χ4v) is 6.28. The van der Waals surface area contributed by atoms with Gasteiger partial charge in [0.2, 0.25) is 11.8 Å². The van der Waals surface area contributed by atoms with Gasteiger partial charge in [-0.2, -0.15) is 0 Å². The van der Waals surface area contributed by atoms with E-state index in [4.69, 9.17) is 32.7 Å². The molecule has 1 unspecified atom stereocenters. The van der Waals surface area contributed by atoms with Gasteiger partial charge in [-0.25, -0.2) is 4.79 Å². The van der Waals surface area contributed by atoms with Crippen LogP contribution in [0, 0.1) is 11.3 Å². The van der Waals surface area contributed by atoms with Gasteiger partial charge in [0.15, 0.2) is 0 Å². The third kappa shape index (κ3) is 5.77. The highest BCUT2D eigenvalue weighted by Gasteiger charge is 2.48. The molecule has 4 aliphatic rings. The molecule has 3 aliphatic heterocycles. The maximum Gasteiger partial charge on any atom is 0.409 e. The standard InChI is InChI=1S/C28H37Cl2N3O5/c1-28(9-10-28)26(35)32-11-7-18(8-12-32)25(34)33-15-21(19-5-6-22(29)23(30)14-19)24(16-33)31(2)27(36)38-17-20-4-3-13-37-20/h5-6,14,18,20-21,24H,3-4,7-13,15-17H2,1-2H3/t20?,21-,24+/m1/s1. The van der Waals surface area contributed by atoms with Crippen LogP contribution in [0.15, 0.2) is 18.2 Å². The van der Waals surface area contributed by atoms with Gasteiger partial charge in [-0.05, 0) is 56.2 Å². The third-order valence-corrected chi connectivity index (χ3v) is 9.56. The van der Waals surface area contributed by atoms with E-state index in [1.807, 2.05) is 28.9 Å². The highest BCUT2D eigenvalue weighted by molar-refractivity contribution is 6.42. The highest BCUT2D eigenvalue weighted by Crippen LogP contribution is 2.47. The van der Waals surface area contributed by atoms with Crippen LogP contribution < -0.4 is 0 Å². The molecule has 0 aromatic heterocycles. The summed E-state index contributed by atoms with van der Waals surface area (Å²) in [5.41, 5.74) is 0.742. The number of halogens is 2. The van der Waals surface area contributed by atoms with Crippen LogP contribution in [0.5, 0.6) is 0 Å². The summed E-state index contributed by atoms with van der Waals surface area (Å²) in [7, 11) is 1.73. The second-order valence-corrected chi connectivity index (χ2v) is 12.4. The molecule has 0 radical (unpaired) electrons. The molecule has 1 aliphatic carbocycles. The maximum absolute atomic E-state index is 13.6. The minimum atomic E-state index is -0.426. The van der Waals surface area contributed by atoms with Crippen molar-refractivity contribution < 1.29 is 23.9 Å². The summed E-state index contributed by atoms with van der Waals surface area (Å²) in [6.07, 6.45) is 4.63. The summed E-state index contributed by atoms with van der Waals surface area (Å²) >= 11 is 12.5. The zero-order valence-electron chi connectivity index (χ0n) is 22.2. The number of likely N-dealkylation sites (N-methyl/N-ethyl adjacent to an activating group) is 1. The molecule has 1 aromatic rings. The number of hydrogen-bond acceptors (Lipinski definition) is 5. The Kier molecular flexibility index (Phi) is 8.13. The molecular formula is C28H37Cl2N3O5. The van der Waals surface area contributed by atoms with Gasteiger partial charge in [0.25, 0.3) is 0 Å². The fraction of sp³-hybridized carbons (Fsp3) is 0.679. The molecule has 3 atom stereocenters. The van der Waals surface area contributed by atoms with Crippen molar-refractivity contribution in [3.63, 3.8) is 0 Å². The van der Waals surface area contributed by atoms with Crippen LogP contribution in [-0.4, -0.2) is 91.2 Å². The van der Waals surface area contributed by atoms with Crippen molar-refractivity contribution in [2.45, 2.75) is 63.5 Å². The number of amides is 3. The molecule has 3 saturated heterocycles. The summed E-state index contributed by atoms with van der Waals surface area (Å²) in [5.74, 6) is 0.0531. The third-order valence-electron chi connectivity index (χ3n) is 8.82. The summed E-state index contributed by atoms with van der Waals surface area (Å²) in [6.45, 7) is 5.08. The number of likely N-dealkylation sites (tertiary alicyclic amines) is 2. The predicted octanol–water partition coefficient (Wildman–Crippen LogP) is 4.57. The van der Waals surface area contributed by atoms with E-state index in [-0.39, 0.29) is 47.8 Å². The van der Waals surface area contributed by atoms with Crippen LogP contribution in [0.4, 0.5) is 4.79 Å². The first-order chi connectivity index (χ1) is 18.2. The number of piperidine rings is 1. The second kappa shape index (κ2) is 11.2. The lowest BCUT2D eigenvalue weighted by atomic mass is 9.93. The van der Waals surface area contributed by atoms with Crippen molar-refractivity contribution in [2.24, 2.45) is 11.3 Å². The van der Waals surface area contributed by atoms with E-state index >= 15 is 0 Å². The molecule has 10 heteroatoms. The zero-order valence-corrected chi connectivity index (χ0v) is 23.7. The molecule has 3 amide bonds. The summed E-state index contributed by atoms with van der Waals surface area (Å²) in [6, 6.07) is 5.21. The Bertz CT molecular complexity index is 1070. The number of nitrogens with zero attached hydrogens (tertiary/aromatic N) is 3. The molecule has 208 valence electrons. The van der Waals surface area contributed by atoms with Gasteiger partial charge < -0.3 is 24.2 Å². The predicted molar refractivity (Wildman–Crippen MR) is 144 cm³/mol. The smallest absolute Gasteiger partial charge is 0.409 e. The van der Waals surface area contributed by atoms with Gasteiger partial charge in [0.1, 0.15) is 6.61 Å². The van der Waals surface area contributed by atoms with Crippen molar-refractivity contribution in [1.82, 2.24) is 14.7 Å². The van der Waals surface area contributed by atoms with E-state index in [9.17, 15) is 14.4 Å². The van der Waals surface area contributed by atoms with Gasteiger partial charge in [-0.1, -0.05) is 36.2 Å². The van der Waals surface area contributed by atoms with Gasteiger partial charge in [-0.15, -0.1) is 0 Å². The molecule has 0 N–H and O–H groups in total. The molecule has 0 bridgehead atoms. The molecule has 8 nitrogen and oxygen atoms in total. The molecule has 0 spiro atoms. The average Bonchev–Trinajstić information content (AvgIpc) is 3.30. The van der Waals surface area contributed by atoms with Crippen molar-refractivity contribution in [3.8, 4) is 0 Å². The first-order valence-corrected chi connectivity index (χ1v) is 14.5. The first-order valence-electron chi connectivity index (χ1n) is 13.7. The van der Waals surface area contributed by atoms with Crippen molar-refractivity contribution in [2.75, 3.05) is 46.4 Å². The Balaban J connectivity index is 1.26. The molecular weight excluding hydrogens is 529 g/mol.